The van der Waals surface area contributed by atoms with Gasteiger partial charge in [0.1, 0.15) is 12.0 Å². The van der Waals surface area contributed by atoms with Gasteiger partial charge in [-0.1, -0.05) is 12.1 Å². The van der Waals surface area contributed by atoms with Crippen LogP contribution in [0.3, 0.4) is 0 Å². The third-order valence-electron chi connectivity index (χ3n) is 5.56. The quantitative estimate of drug-likeness (QED) is 0.513. The van der Waals surface area contributed by atoms with Crippen LogP contribution in [0, 0.1) is 12.8 Å². The maximum atomic E-state index is 11.4. The largest absolute Gasteiger partial charge is 0.494 e. The van der Waals surface area contributed by atoms with Crippen molar-refractivity contribution < 1.29 is 19.4 Å². The standard InChI is InChI=1S/C23H28N2O4/c1-17-16-19(6-7-20(17)21-5-2-10-24-22(21)23(27)28)29-15-3-4-18-8-11-25(12-9-18)13-14-26/h2,5-7,10,14,16,18H,3-4,8-9,11-13,15H2,1H3,(H,27,28). The predicted molar refractivity (Wildman–Crippen MR) is 111 cm³/mol. The minimum Gasteiger partial charge on any atom is -0.494 e. The summed E-state index contributed by atoms with van der Waals surface area (Å²) in [4.78, 5) is 28.2. The maximum absolute atomic E-state index is 11.4. The fraction of sp³-hybridized carbons (Fsp3) is 0.435. The number of benzene rings is 1. The van der Waals surface area contributed by atoms with Crippen LogP contribution in [0.1, 0.15) is 41.7 Å². The lowest BCUT2D eigenvalue weighted by Gasteiger charge is -2.30. The second-order valence-corrected chi connectivity index (χ2v) is 7.58. The fourth-order valence-electron chi connectivity index (χ4n) is 3.95. The third-order valence-corrected chi connectivity index (χ3v) is 5.56. The number of carbonyl (C=O) groups is 2. The topological polar surface area (TPSA) is 79.7 Å². The van der Waals surface area contributed by atoms with Gasteiger partial charge in [-0.2, -0.15) is 0 Å². The fourth-order valence-corrected chi connectivity index (χ4v) is 3.95. The number of nitrogens with zero attached hydrogens (tertiary/aromatic N) is 2. The van der Waals surface area contributed by atoms with Gasteiger partial charge < -0.3 is 14.6 Å². The van der Waals surface area contributed by atoms with E-state index in [4.69, 9.17) is 4.74 Å². The van der Waals surface area contributed by atoms with Crippen LogP contribution in [0.25, 0.3) is 11.1 Å². The molecule has 1 N–H and O–H groups in total. The number of piperidine rings is 1. The molecular formula is C23H28N2O4. The monoisotopic (exact) mass is 396 g/mol. The second kappa shape index (κ2) is 10.2. The zero-order chi connectivity index (χ0) is 20.6. The van der Waals surface area contributed by atoms with Gasteiger partial charge in [0.2, 0.25) is 0 Å². The van der Waals surface area contributed by atoms with Crippen molar-refractivity contribution in [1.29, 1.82) is 0 Å². The zero-order valence-corrected chi connectivity index (χ0v) is 16.8. The molecule has 1 aromatic heterocycles. The Balaban J connectivity index is 1.50. The van der Waals surface area contributed by atoms with E-state index in [-0.39, 0.29) is 5.69 Å². The summed E-state index contributed by atoms with van der Waals surface area (Å²) < 4.78 is 5.92. The van der Waals surface area contributed by atoms with E-state index in [0.717, 1.165) is 61.9 Å². The Labute approximate surface area is 171 Å². The first-order valence-electron chi connectivity index (χ1n) is 10.2. The van der Waals surface area contributed by atoms with E-state index in [1.54, 1.807) is 12.1 Å². The minimum atomic E-state index is -1.03. The van der Waals surface area contributed by atoms with Crippen LogP contribution >= 0.6 is 0 Å². The smallest absolute Gasteiger partial charge is 0.355 e. The van der Waals surface area contributed by atoms with Gasteiger partial charge in [0, 0.05) is 11.8 Å². The summed E-state index contributed by atoms with van der Waals surface area (Å²) in [7, 11) is 0. The summed E-state index contributed by atoms with van der Waals surface area (Å²) >= 11 is 0. The van der Waals surface area contributed by atoms with Gasteiger partial charge in [-0.25, -0.2) is 9.78 Å². The van der Waals surface area contributed by atoms with E-state index in [1.165, 1.54) is 6.20 Å². The maximum Gasteiger partial charge on any atom is 0.355 e. The molecule has 6 heteroatoms. The average Bonchev–Trinajstić information content (AvgIpc) is 2.73. The van der Waals surface area contributed by atoms with Gasteiger partial charge in [-0.05, 0) is 80.9 Å². The summed E-state index contributed by atoms with van der Waals surface area (Å²) in [6, 6.07) is 9.26. The summed E-state index contributed by atoms with van der Waals surface area (Å²) in [5.41, 5.74) is 2.49. The Morgan fingerprint density at radius 2 is 2.07 bits per heavy atom. The number of aromatic nitrogens is 1. The minimum absolute atomic E-state index is 0.0588. The van der Waals surface area contributed by atoms with Crippen molar-refractivity contribution in [3.63, 3.8) is 0 Å². The van der Waals surface area contributed by atoms with E-state index in [2.05, 4.69) is 9.88 Å². The molecular weight excluding hydrogens is 368 g/mol. The highest BCUT2D eigenvalue weighted by Gasteiger charge is 2.18. The number of aromatic carboxylic acids is 1. The van der Waals surface area contributed by atoms with Crippen LogP contribution in [0.5, 0.6) is 5.75 Å². The van der Waals surface area contributed by atoms with Crippen LogP contribution in [-0.4, -0.2) is 53.5 Å². The van der Waals surface area contributed by atoms with Crippen molar-refractivity contribution in [3.8, 4) is 16.9 Å². The molecule has 0 unspecified atom stereocenters. The molecule has 1 aliphatic heterocycles. The molecule has 29 heavy (non-hydrogen) atoms. The SMILES string of the molecule is Cc1cc(OCCCC2CCN(CC=O)CC2)ccc1-c1cccnc1C(=O)O. The molecule has 154 valence electrons. The lowest BCUT2D eigenvalue weighted by atomic mass is 9.92. The molecule has 1 saturated heterocycles. The molecule has 0 saturated carbocycles. The van der Waals surface area contributed by atoms with E-state index < -0.39 is 5.97 Å². The Hall–Kier alpha value is -2.73. The number of pyridine rings is 1. The third kappa shape index (κ3) is 5.64. The number of likely N-dealkylation sites (tertiary alicyclic amines) is 1. The Bertz CT molecular complexity index is 845. The van der Waals surface area contributed by atoms with Gasteiger partial charge in [-0.15, -0.1) is 0 Å². The Kier molecular flexibility index (Phi) is 7.36. The Morgan fingerprint density at radius 1 is 1.28 bits per heavy atom. The summed E-state index contributed by atoms with van der Waals surface area (Å²) in [6.45, 7) is 5.20. The number of carboxylic acid groups (broad SMARTS) is 1. The number of hydrogen-bond donors (Lipinski definition) is 1. The lowest BCUT2D eigenvalue weighted by molar-refractivity contribution is -0.109. The molecule has 1 aromatic carbocycles. The number of rotatable bonds is 9. The van der Waals surface area contributed by atoms with Crippen molar-refractivity contribution in [2.45, 2.75) is 32.6 Å². The van der Waals surface area contributed by atoms with Crippen LogP contribution in [0.2, 0.25) is 0 Å². The molecule has 0 radical (unpaired) electrons. The second-order valence-electron chi connectivity index (χ2n) is 7.58. The van der Waals surface area contributed by atoms with E-state index in [9.17, 15) is 14.7 Å². The number of ether oxygens (including phenoxy) is 1. The molecule has 2 heterocycles. The molecule has 3 rings (SSSR count). The number of aldehydes is 1. The van der Waals surface area contributed by atoms with Gasteiger partial charge in [0.25, 0.3) is 0 Å². The number of hydrogen-bond acceptors (Lipinski definition) is 5. The highest BCUT2D eigenvalue weighted by atomic mass is 16.5. The summed E-state index contributed by atoms with van der Waals surface area (Å²) in [6.07, 6.45) is 6.93. The Morgan fingerprint density at radius 3 is 2.76 bits per heavy atom. The van der Waals surface area contributed by atoms with Crippen LogP contribution in [-0.2, 0) is 4.79 Å². The normalized spacial score (nSPS) is 15.2. The molecule has 1 aliphatic rings. The van der Waals surface area contributed by atoms with Crippen molar-refractivity contribution in [3.05, 3.63) is 47.8 Å². The van der Waals surface area contributed by atoms with Gasteiger partial charge in [-0.3, -0.25) is 4.90 Å². The molecule has 0 bridgehead atoms. The van der Waals surface area contributed by atoms with Crippen molar-refractivity contribution >= 4 is 12.3 Å². The highest BCUT2D eigenvalue weighted by Crippen LogP contribution is 2.29. The first-order chi connectivity index (χ1) is 14.1. The predicted octanol–water partition coefficient (Wildman–Crippen LogP) is 3.83. The molecule has 1 fully saturated rings. The van der Waals surface area contributed by atoms with Crippen molar-refractivity contribution in [2.24, 2.45) is 5.92 Å². The van der Waals surface area contributed by atoms with E-state index >= 15 is 0 Å². The molecule has 2 aromatic rings. The van der Waals surface area contributed by atoms with E-state index in [0.29, 0.717) is 24.6 Å². The summed E-state index contributed by atoms with van der Waals surface area (Å²) in [5.74, 6) is 0.482. The van der Waals surface area contributed by atoms with Crippen molar-refractivity contribution in [2.75, 3.05) is 26.2 Å². The van der Waals surface area contributed by atoms with Crippen LogP contribution < -0.4 is 4.74 Å². The summed E-state index contributed by atoms with van der Waals surface area (Å²) in [5, 5.41) is 9.36. The molecule has 0 atom stereocenters. The first kappa shape index (κ1) is 21.0. The highest BCUT2D eigenvalue weighted by molar-refractivity contribution is 5.94. The number of carbonyl (C=O) groups excluding carboxylic acids is 1. The van der Waals surface area contributed by atoms with Crippen molar-refractivity contribution in [1.82, 2.24) is 9.88 Å². The van der Waals surface area contributed by atoms with Gasteiger partial charge in [0.05, 0.1) is 13.2 Å². The van der Waals surface area contributed by atoms with E-state index in [1.807, 2.05) is 25.1 Å². The van der Waals surface area contributed by atoms with Crippen LogP contribution in [0.15, 0.2) is 36.5 Å². The van der Waals surface area contributed by atoms with Crippen LogP contribution in [0.4, 0.5) is 0 Å². The molecule has 0 spiro atoms. The van der Waals surface area contributed by atoms with Gasteiger partial charge in [0.15, 0.2) is 5.69 Å². The molecule has 0 aliphatic carbocycles. The molecule has 6 nitrogen and oxygen atoms in total. The number of carboxylic acids is 1. The zero-order valence-electron chi connectivity index (χ0n) is 16.8. The average molecular weight is 396 g/mol. The van der Waals surface area contributed by atoms with Gasteiger partial charge >= 0.3 is 5.97 Å². The molecule has 0 amide bonds. The first-order valence-corrected chi connectivity index (χ1v) is 10.2. The lowest BCUT2D eigenvalue weighted by Crippen LogP contribution is -2.34. The number of aryl methyl sites for hydroxylation is 1.